The monoisotopic (exact) mass is 554 g/mol. The molecule has 0 spiro atoms. The summed E-state index contributed by atoms with van der Waals surface area (Å²) in [5.74, 6) is -8.79. The zero-order chi connectivity index (χ0) is 29.2. The van der Waals surface area contributed by atoms with Gasteiger partial charge in [-0.1, -0.05) is 42.5 Å². The Kier molecular flexibility index (Phi) is 8.32. The van der Waals surface area contributed by atoms with Crippen LogP contribution in [0.25, 0.3) is 0 Å². The van der Waals surface area contributed by atoms with E-state index in [1.807, 2.05) is 0 Å². The van der Waals surface area contributed by atoms with Gasteiger partial charge in [0.25, 0.3) is 5.91 Å². The topological polar surface area (TPSA) is 98.8 Å². The zero-order valence-electron chi connectivity index (χ0n) is 21.3. The summed E-state index contributed by atoms with van der Waals surface area (Å²) in [4.78, 5) is 54.5. The minimum Gasteiger partial charge on any atom is -0.349 e. The maximum absolute atomic E-state index is 13.7. The van der Waals surface area contributed by atoms with Crippen molar-refractivity contribution in [2.75, 3.05) is 22.9 Å². The number of amides is 4. The molecule has 0 aliphatic carbocycles. The van der Waals surface area contributed by atoms with E-state index in [0.717, 1.165) is 19.4 Å². The van der Waals surface area contributed by atoms with Crippen LogP contribution in [0.3, 0.4) is 0 Å². The highest BCUT2D eigenvalue weighted by molar-refractivity contribution is 6.10. The average Bonchev–Trinajstić information content (AvgIpc) is 2.98. The van der Waals surface area contributed by atoms with Crippen LogP contribution in [0.5, 0.6) is 0 Å². The summed E-state index contributed by atoms with van der Waals surface area (Å²) in [6.45, 7) is 1.00. The molecule has 0 bridgehead atoms. The zero-order valence-corrected chi connectivity index (χ0v) is 21.3. The molecule has 1 atom stereocenters. The van der Waals surface area contributed by atoms with Crippen LogP contribution >= 0.6 is 0 Å². The van der Waals surface area contributed by atoms with Gasteiger partial charge >= 0.3 is 12.1 Å². The summed E-state index contributed by atoms with van der Waals surface area (Å²) in [6, 6.07) is 14.1. The summed E-state index contributed by atoms with van der Waals surface area (Å²) >= 11 is 0. The Morgan fingerprint density at radius 2 is 1.46 bits per heavy atom. The molecule has 0 radical (unpaired) electrons. The van der Waals surface area contributed by atoms with Crippen molar-refractivity contribution in [2.24, 2.45) is 5.41 Å². The number of hydrogen-bond acceptors (Lipinski definition) is 4. The van der Waals surface area contributed by atoms with Gasteiger partial charge in [-0.2, -0.15) is 22.0 Å². The standard InChI is InChI=1S/C26H27F5N4O4/c1-16(36)34-14-18(33-23(39)24(2,3)22(38)32-15-25(27,28)26(29,30)31)21(37)35(13-17-9-5-4-6-10-17)20-12-8-7-11-19(20)34/h4-12,18H,13-15H2,1-3H3,(H,32,38)(H,33,39). The van der Waals surface area contributed by atoms with Crippen molar-refractivity contribution in [3.05, 3.63) is 60.2 Å². The number of benzene rings is 2. The van der Waals surface area contributed by atoms with Crippen LogP contribution in [0, 0.1) is 5.41 Å². The lowest BCUT2D eigenvalue weighted by Gasteiger charge is -2.29. The van der Waals surface area contributed by atoms with Crippen LogP contribution < -0.4 is 20.4 Å². The van der Waals surface area contributed by atoms with Crippen LogP contribution in [-0.4, -0.2) is 54.9 Å². The highest BCUT2D eigenvalue weighted by Gasteiger charge is 2.57. The number of fused-ring (bicyclic) bond motifs is 1. The fraction of sp³-hybridized carbons (Fsp3) is 0.385. The van der Waals surface area contributed by atoms with Gasteiger partial charge in [0.2, 0.25) is 17.7 Å². The Hall–Kier alpha value is -4.03. The Morgan fingerprint density at radius 1 is 0.897 bits per heavy atom. The maximum Gasteiger partial charge on any atom is 0.455 e. The molecule has 4 amide bonds. The molecule has 2 aromatic carbocycles. The van der Waals surface area contributed by atoms with Gasteiger partial charge in [0.1, 0.15) is 11.5 Å². The van der Waals surface area contributed by atoms with E-state index in [1.54, 1.807) is 54.6 Å². The van der Waals surface area contributed by atoms with Crippen molar-refractivity contribution in [3.8, 4) is 0 Å². The molecule has 1 aliphatic heterocycles. The number of halogens is 5. The highest BCUT2D eigenvalue weighted by Crippen LogP contribution is 2.36. The maximum atomic E-state index is 13.7. The summed E-state index contributed by atoms with van der Waals surface area (Å²) in [7, 11) is 0. The van der Waals surface area contributed by atoms with E-state index in [9.17, 15) is 41.1 Å². The van der Waals surface area contributed by atoms with Gasteiger partial charge in [-0.25, -0.2) is 0 Å². The number of para-hydroxylation sites is 2. The molecule has 1 unspecified atom stereocenters. The quantitative estimate of drug-likeness (QED) is 0.405. The molecule has 1 aliphatic rings. The molecule has 3 rings (SSSR count). The van der Waals surface area contributed by atoms with Gasteiger partial charge in [0.05, 0.1) is 31.0 Å². The third-order valence-corrected chi connectivity index (χ3v) is 6.28. The van der Waals surface area contributed by atoms with Crippen molar-refractivity contribution < 1.29 is 41.1 Å². The molecule has 0 aromatic heterocycles. The second-order valence-electron chi connectivity index (χ2n) is 9.56. The Labute approximate surface area is 221 Å². The Bertz CT molecular complexity index is 1250. The van der Waals surface area contributed by atoms with Crippen molar-refractivity contribution in [1.29, 1.82) is 0 Å². The number of carbonyl (C=O) groups excluding carboxylic acids is 4. The van der Waals surface area contributed by atoms with Crippen molar-refractivity contribution in [2.45, 2.75) is 45.5 Å². The van der Waals surface area contributed by atoms with Crippen LogP contribution in [-0.2, 0) is 25.7 Å². The lowest BCUT2D eigenvalue weighted by Crippen LogP contribution is -2.58. The smallest absolute Gasteiger partial charge is 0.349 e. The normalized spacial score (nSPS) is 16.3. The molecule has 13 heteroatoms. The number of alkyl halides is 5. The number of nitrogens with zero attached hydrogens (tertiary/aromatic N) is 2. The third kappa shape index (κ3) is 6.35. The predicted octanol–water partition coefficient (Wildman–Crippen LogP) is 3.41. The van der Waals surface area contributed by atoms with Crippen LogP contribution in [0.4, 0.5) is 33.3 Å². The molecule has 1 heterocycles. The molecule has 8 nitrogen and oxygen atoms in total. The SMILES string of the molecule is CC(=O)N1CC(NC(=O)C(C)(C)C(=O)NCC(F)(F)C(F)(F)F)C(=O)N(Cc2ccccc2)c2ccccc21. The summed E-state index contributed by atoms with van der Waals surface area (Å²) in [6.07, 6.45) is -5.90. The first-order chi connectivity index (χ1) is 18.1. The van der Waals surface area contributed by atoms with Gasteiger partial charge in [-0.15, -0.1) is 0 Å². The van der Waals surface area contributed by atoms with Crippen molar-refractivity contribution >= 4 is 35.0 Å². The molecule has 0 saturated heterocycles. The van der Waals surface area contributed by atoms with Gasteiger partial charge in [-0.05, 0) is 31.5 Å². The average molecular weight is 555 g/mol. The highest BCUT2D eigenvalue weighted by atomic mass is 19.4. The summed E-state index contributed by atoms with van der Waals surface area (Å²) < 4.78 is 64.0. The Balaban J connectivity index is 1.89. The van der Waals surface area contributed by atoms with Crippen molar-refractivity contribution in [1.82, 2.24) is 10.6 Å². The molecule has 2 aromatic rings. The molecular formula is C26H27F5N4O4. The first-order valence-corrected chi connectivity index (χ1v) is 11.8. The fourth-order valence-electron chi connectivity index (χ4n) is 3.88. The van der Waals surface area contributed by atoms with Gasteiger partial charge in [-0.3, -0.25) is 19.2 Å². The molecule has 0 fully saturated rings. The lowest BCUT2D eigenvalue weighted by molar-refractivity contribution is -0.278. The lowest BCUT2D eigenvalue weighted by atomic mass is 9.90. The Morgan fingerprint density at radius 3 is 2.03 bits per heavy atom. The third-order valence-electron chi connectivity index (χ3n) is 6.28. The predicted molar refractivity (Wildman–Crippen MR) is 132 cm³/mol. The number of carbonyl (C=O) groups is 4. The second-order valence-corrected chi connectivity index (χ2v) is 9.56. The van der Waals surface area contributed by atoms with E-state index < -0.39 is 53.7 Å². The van der Waals surface area contributed by atoms with E-state index in [4.69, 9.17) is 0 Å². The van der Waals surface area contributed by atoms with Crippen molar-refractivity contribution in [3.63, 3.8) is 0 Å². The van der Waals surface area contributed by atoms with Crippen LogP contribution in [0.15, 0.2) is 54.6 Å². The molecule has 210 valence electrons. The van der Waals surface area contributed by atoms with E-state index in [-0.39, 0.29) is 13.1 Å². The minimum absolute atomic E-state index is 0.0746. The molecular weight excluding hydrogens is 527 g/mol. The number of rotatable bonds is 7. The molecule has 2 N–H and O–H groups in total. The van der Waals surface area contributed by atoms with Crippen LogP contribution in [0.1, 0.15) is 26.3 Å². The van der Waals surface area contributed by atoms with E-state index >= 15 is 0 Å². The molecule has 39 heavy (non-hydrogen) atoms. The van der Waals surface area contributed by atoms with E-state index in [2.05, 4.69) is 5.32 Å². The number of hydrogen-bond donors (Lipinski definition) is 2. The van der Waals surface area contributed by atoms with Gasteiger partial charge in [0.15, 0.2) is 0 Å². The summed E-state index contributed by atoms with van der Waals surface area (Å²) in [5, 5.41) is 3.86. The summed E-state index contributed by atoms with van der Waals surface area (Å²) in [5.41, 5.74) is -0.610. The van der Waals surface area contributed by atoms with Crippen LogP contribution in [0.2, 0.25) is 0 Å². The number of anilines is 2. The first-order valence-electron chi connectivity index (χ1n) is 11.8. The number of nitrogens with one attached hydrogen (secondary N) is 2. The second kappa shape index (κ2) is 11.0. The van der Waals surface area contributed by atoms with E-state index in [0.29, 0.717) is 11.4 Å². The van der Waals surface area contributed by atoms with E-state index in [1.165, 1.54) is 22.0 Å². The fourth-order valence-corrected chi connectivity index (χ4v) is 3.88. The molecule has 0 saturated carbocycles. The largest absolute Gasteiger partial charge is 0.455 e. The minimum atomic E-state index is -5.90. The van der Waals surface area contributed by atoms with Gasteiger partial charge in [0, 0.05) is 6.92 Å². The van der Waals surface area contributed by atoms with Gasteiger partial charge < -0.3 is 20.4 Å². The first kappa shape index (κ1) is 29.5.